The second kappa shape index (κ2) is 6.51. The Morgan fingerprint density at radius 3 is 1.37 bits per heavy atom. The third kappa shape index (κ3) is 2.81. The van der Waals surface area contributed by atoms with Crippen molar-refractivity contribution in [2.75, 3.05) is 0 Å². The van der Waals surface area contributed by atoms with E-state index in [1.807, 2.05) is 0 Å². The first kappa shape index (κ1) is 18.3. The Kier molecular flexibility index (Phi) is 4.41. The van der Waals surface area contributed by atoms with Crippen molar-refractivity contribution in [1.82, 2.24) is 0 Å². The Morgan fingerprint density at radius 2 is 1.00 bits per heavy atom. The van der Waals surface area contributed by atoms with Gasteiger partial charge in [-0.25, -0.2) is 0 Å². The monoisotopic (exact) mass is 356 g/mol. The molecule has 2 aliphatic carbocycles. The van der Waals surface area contributed by atoms with Gasteiger partial charge in [0.25, 0.3) is 0 Å². The van der Waals surface area contributed by atoms with Crippen LogP contribution in [0.4, 0.5) is 0 Å². The van der Waals surface area contributed by atoms with Crippen molar-refractivity contribution < 1.29 is 0 Å². The summed E-state index contributed by atoms with van der Waals surface area (Å²) in [6.07, 6.45) is 4.93. The number of rotatable bonds is 4. The average molecular weight is 357 g/mol. The van der Waals surface area contributed by atoms with Gasteiger partial charge in [0.1, 0.15) is 0 Å². The van der Waals surface area contributed by atoms with E-state index in [0.717, 1.165) is 0 Å². The summed E-state index contributed by atoms with van der Waals surface area (Å²) in [6.45, 7) is 14.4. The van der Waals surface area contributed by atoms with Crippen LogP contribution in [-0.2, 0) is 0 Å². The molecule has 0 radical (unpaired) electrons. The van der Waals surface area contributed by atoms with Crippen LogP contribution in [0, 0.1) is 17.3 Å². The molecule has 0 spiro atoms. The molecule has 0 N–H and O–H groups in total. The third-order valence-corrected chi connectivity index (χ3v) is 6.75. The van der Waals surface area contributed by atoms with Gasteiger partial charge in [-0.2, -0.15) is 0 Å². The summed E-state index contributed by atoms with van der Waals surface area (Å²) in [4.78, 5) is 0. The fourth-order valence-electron chi connectivity index (χ4n) is 5.52. The van der Waals surface area contributed by atoms with Crippen LogP contribution in [0.2, 0.25) is 0 Å². The molecule has 0 saturated heterocycles. The van der Waals surface area contributed by atoms with E-state index in [2.05, 4.69) is 102 Å². The molecule has 2 aliphatic rings. The predicted molar refractivity (Wildman–Crippen MR) is 118 cm³/mol. The van der Waals surface area contributed by atoms with E-state index in [1.165, 1.54) is 22.3 Å². The summed E-state index contributed by atoms with van der Waals surface area (Å²) in [6, 6.07) is 18.0. The zero-order valence-electron chi connectivity index (χ0n) is 17.6. The maximum absolute atomic E-state index is 2.50. The van der Waals surface area contributed by atoms with Crippen LogP contribution in [0.3, 0.4) is 0 Å². The minimum Gasteiger partial charge on any atom is -0.0619 e. The van der Waals surface area contributed by atoms with Gasteiger partial charge in [-0.15, -0.1) is 0 Å². The molecule has 0 saturated carbocycles. The van der Waals surface area contributed by atoms with Gasteiger partial charge in [-0.1, -0.05) is 113 Å². The number of hydrogen-bond donors (Lipinski definition) is 0. The zero-order chi connectivity index (χ0) is 19.3. The fourth-order valence-corrected chi connectivity index (χ4v) is 5.52. The van der Waals surface area contributed by atoms with Crippen LogP contribution < -0.4 is 0 Å². The highest BCUT2D eigenvalue weighted by atomic mass is 14.5. The lowest BCUT2D eigenvalue weighted by Gasteiger charge is -2.43. The summed E-state index contributed by atoms with van der Waals surface area (Å²) in [5.74, 6) is 2.05. The van der Waals surface area contributed by atoms with Gasteiger partial charge in [0, 0.05) is 11.8 Å². The van der Waals surface area contributed by atoms with Gasteiger partial charge < -0.3 is 0 Å². The molecular formula is C27H32. The molecule has 0 fully saturated rings. The zero-order valence-corrected chi connectivity index (χ0v) is 17.6. The van der Waals surface area contributed by atoms with E-state index >= 15 is 0 Å². The van der Waals surface area contributed by atoms with Gasteiger partial charge in [0.2, 0.25) is 0 Å². The number of fused-ring (bicyclic) bond motifs is 2. The maximum atomic E-state index is 2.50. The molecule has 2 aromatic carbocycles. The molecule has 4 rings (SSSR count). The first-order chi connectivity index (χ1) is 12.8. The standard InChI is InChI=1S/C27H32/c1-17(2)23-15-19-11-7-9-13-21(19)25(23)27(5,6)26-22-14-10-8-12-20(22)16-24(26)18(3)4/h7-18,25-26H,1-6H3. The molecule has 2 atom stereocenters. The summed E-state index contributed by atoms with van der Waals surface area (Å²) in [7, 11) is 0. The minimum absolute atomic E-state index is 0.116. The highest BCUT2D eigenvalue weighted by molar-refractivity contribution is 5.71. The molecule has 0 aliphatic heterocycles. The quantitative estimate of drug-likeness (QED) is 0.527. The van der Waals surface area contributed by atoms with Crippen molar-refractivity contribution >= 4 is 12.2 Å². The van der Waals surface area contributed by atoms with Crippen LogP contribution >= 0.6 is 0 Å². The van der Waals surface area contributed by atoms with Crippen LogP contribution in [0.15, 0.2) is 59.7 Å². The van der Waals surface area contributed by atoms with Crippen molar-refractivity contribution in [3.8, 4) is 0 Å². The number of benzene rings is 2. The molecule has 140 valence electrons. The molecule has 27 heavy (non-hydrogen) atoms. The molecule has 2 unspecified atom stereocenters. The van der Waals surface area contributed by atoms with Gasteiger partial charge in [-0.05, 0) is 39.5 Å². The SMILES string of the molecule is CC(C)C1=Cc2ccccc2C1C(C)(C)C1C(C(C)C)=Cc2ccccc21. The molecule has 0 amide bonds. The summed E-state index contributed by atoms with van der Waals surface area (Å²) in [5.41, 5.74) is 9.16. The minimum atomic E-state index is 0.116. The van der Waals surface area contributed by atoms with Crippen molar-refractivity contribution in [2.45, 2.75) is 53.4 Å². The summed E-state index contributed by atoms with van der Waals surface area (Å²) < 4.78 is 0. The van der Waals surface area contributed by atoms with Crippen molar-refractivity contribution in [1.29, 1.82) is 0 Å². The maximum Gasteiger partial charge on any atom is 0.0120 e. The van der Waals surface area contributed by atoms with Crippen LogP contribution in [0.25, 0.3) is 12.2 Å². The van der Waals surface area contributed by atoms with E-state index < -0.39 is 0 Å². The highest BCUT2D eigenvalue weighted by Crippen LogP contribution is 2.60. The van der Waals surface area contributed by atoms with Crippen molar-refractivity contribution in [3.63, 3.8) is 0 Å². The summed E-state index contributed by atoms with van der Waals surface area (Å²) >= 11 is 0. The second-order valence-electron chi connectivity index (χ2n) is 9.54. The number of allylic oxidation sites excluding steroid dienone is 2. The predicted octanol–water partition coefficient (Wildman–Crippen LogP) is 7.69. The first-order valence-corrected chi connectivity index (χ1v) is 10.4. The molecule has 0 heteroatoms. The molecule has 2 aromatic rings. The largest absolute Gasteiger partial charge is 0.0619 e. The smallest absolute Gasteiger partial charge is 0.0120 e. The second-order valence-corrected chi connectivity index (χ2v) is 9.54. The van der Waals surface area contributed by atoms with Gasteiger partial charge in [0.15, 0.2) is 0 Å². The lowest BCUT2D eigenvalue weighted by Crippen LogP contribution is -2.32. The van der Waals surface area contributed by atoms with E-state index in [-0.39, 0.29) is 5.41 Å². The lowest BCUT2D eigenvalue weighted by atomic mass is 9.60. The van der Waals surface area contributed by atoms with E-state index in [1.54, 1.807) is 11.1 Å². The fraction of sp³-hybridized carbons (Fsp3) is 0.407. The molecule has 0 aromatic heterocycles. The Bertz CT molecular complexity index is 845. The number of hydrogen-bond acceptors (Lipinski definition) is 0. The van der Waals surface area contributed by atoms with Gasteiger partial charge in [0.05, 0.1) is 0 Å². The highest BCUT2D eigenvalue weighted by Gasteiger charge is 2.47. The average Bonchev–Trinajstić information content (AvgIpc) is 3.21. The molecule has 0 nitrogen and oxygen atoms in total. The molecule has 0 heterocycles. The van der Waals surface area contributed by atoms with Crippen LogP contribution in [-0.4, -0.2) is 0 Å². The summed E-state index contributed by atoms with van der Waals surface area (Å²) in [5, 5.41) is 0. The molecular weight excluding hydrogens is 324 g/mol. The van der Waals surface area contributed by atoms with Gasteiger partial charge in [-0.3, -0.25) is 0 Å². The topological polar surface area (TPSA) is 0 Å². The molecule has 0 bridgehead atoms. The Hall–Kier alpha value is -2.08. The van der Waals surface area contributed by atoms with Crippen LogP contribution in [0.1, 0.15) is 75.6 Å². The van der Waals surface area contributed by atoms with Crippen molar-refractivity contribution in [3.05, 3.63) is 81.9 Å². The van der Waals surface area contributed by atoms with Crippen LogP contribution in [0.5, 0.6) is 0 Å². The van der Waals surface area contributed by atoms with E-state index in [0.29, 0.717) is 23.7 Å². The first-order valence-electron chi connectivity index (χ1n) is 10.4. The Morgan fingerprint density at radius 1 is 0.630 bits per heavy atom. The van der Waals surface area contributed by atoms with Crippen molar-refractivity contribution in [2.24, 2.45) is 17.3 Å². The Balaban J connectivity index is 1.88. The van der Waals surface area contributed by atoms with Gasteiger partial charge >= 0.3 is 0 Å². The Labute approximate surface area is 165 Å². The third-order valence-electron chi connectivity index (χ3n) is 6.75. The van der Waals surface area contributed by atoms with E-state index in [9.17, 15) is 0 Å². The van der Waals surface area contributed by atoms with E-state index in [4.69, 9.17) is 0 Å². The lowest BCUT2D eigenvalue weighted by molar-refractivity contribution is 0.258. The normalized spacial score (nSPS) is 21.3.